The Morgan fingerprint density at radius 1 is 0.900 bits per heavy atom. The molecule has 1 saturated carbocycles. The van der Waals surface area contributed by atoms with E-state index in [4.69, 9.17) is 0 Å². The molecule has 0 aromatic heterocycles. The molecule has 164 valence electrons. The Labute approximate surface area is 186 Å². The lowest BCUT2D eigenvalue weighted by Crippen LogP contribution is -2.67. The Bertz CT molecular complexity index is 889. The summed E-state index contributed by atoms with van der Waals surface area (Å²) in [6, 6.07) is 9.12. The van der Waals surface area contributed by atoms with Crippen molar-refractivity contribution in [3.05, 3.63) is 53.1 Å². The van der Waals surface area contributed by atoms with Crippen LogP contribution in [0.3, 0.4) is 0 Å². The molecular formula is C28H43NSi. The van der Waals surface area contributed by atoms with Gasteiger partial charge < -0.3 is 4.57 Å². The molecule has 0 spiro atoms. The smallest absolute Gasteiger partial charge is 0.126 e. The topological polar surface area (TPSA) is 3.24 Å². The first-order valence-electron chi connectivity index (χ1n) is 12.0. The maximum Gasteiger partial charge on any atom is 0.126 e. The molecule has 3 aliphatic rings. The van der Waals surface area contributed by atoms with Crippen molar-refractivity contribution >= 4 is 13.8 Å². The van der Waals surface area contributed by atoms with E-state index in [9.17, 15) is 0 Å². The summed E-state index contributed by atoms with van der Waals surface area (Å²) in [7, 11) is -1.69. The van der Waals surface area contributed by atoms with Crippen molar-refractivity contribution in [3.8, 4) is 0 Å². The van der Waals surface area contributed by atoms with Crippen LogP contribution in [-0.2, 0) is 5.41 Å². The van der Waals surface area contributed by atoms with Gasteiger partial charge in [0, 0.05) is 16.5 Å². The summed E-state index contributed by atoms with van der Waals surface area (Å²) in [4.78, 5) is 0. The summed E-state index contributed by atoms with van der Waals surface area (Å²) in [5.41, 5.74) is 7.46. The molecule has 1 nitrogen and oxygen atoms in total. The van der Waals surface area contributed by atoms with Gasteiger partial charge in [0.2, 0.25) is 0 Å². The summed E-state index contributed by atoms with van der Waals surface area (Å²) in [6.45, 7) is 24.7. The van der Waals surface area contributed by atoms with Gasteiger partial charge in [-0.05, 0) is 87.6 Å². The highest BCUT2D eigenvalue weighted by molar-refractivity contribution is 6.76. The molecule has 3 aliphatic carbocycles. The van der Waals surface area contributed by atoms with E-state index < -0.39 is 8.24 Å². The number of allylic oxidation sites excluding steroid dienone is 4. The SMILES string of the molecule is CC1(C)C2=CC3C(C=C2c2ccccc21)CCC3[Si](C)(C)N(C(C)(C)C)C(C)(C)C. The van der Waals surface area contributed by atoms with Gasteiger partial charge in [0.15, 0.2) is 0 Å². The van der Waals surface area contributed by atoms with E-state index in [0.717, 1.165) is 5.54 Å². The van der Waals surface area contributed by atoms with Crippen LogP contribution in [0.1, 0.15) is 79.4 Å². The van der Waals surface area contributed by atoms with E-state index in [1.165, 1.54) is 24.0 Å². The molecule has 1 aromatic carbocycles. The molecule has 0 radical (unpaired) electrons. The fraction of sp³-hybridized carbons (Fsp3) is 0.643. The van der Waals surface area contributed by atoms with Gasteiger partial charge in [-0.25, -0.2) is 0 Å². The Kier molecular flexibility index (Phi) is 4.92. The van der Waals surface area contributed by atoms with Gasteiger partial charge in [0.1, 0.15) is 8.24 Å². The van der Waals surface area contributed by atoms with Crippen LogP contribution in [0, 0.1) is 11.8 Å². The first kappa shape index (κ1) is 22.1. The lowest BCUT2D eigenvalue weighted by atomic mass is 9.76. The lowest BCUT2D eigenvalue weighted by Gasteiger charge is -2.57. The third-order valence-electron chi connectivity index (χ3n) is 8.19. The molecule has 0 N–H and O–H groups in total. The summed E-state index contributed by atoms with van der Waals surface area (Å²) >= 11 is 0. The standard InChI is InChI=1S/C28H43NSi/c1-26(2,3)29(27(4,5)6)30(9,10)25-16-15-19-17-22-20-13-11-12-14-23(20)28(7,8)24(22)18-21(19)25/h11-14,17-19,21,25H,15-16H2,1-10H3. The monoisotopic (exact) mass is 421 g/mol. The van der Waals surface area contributed by atoms with Crippen LogP contribution >= 0.6 is 0 Å². The van der Waals surface area contributed by atoms with Crippen LogP contribution in [0.4, 0.5) is 0 Å². The first-order valence-corrected chi connectivity index (χ1v) is 15.0. The van der Waals surface area contributed by atoms with Crippen molar-refractivity contribution in [3.63, 3.8) is 0 Å². The van der Waals surface area contributed by atoms with E-state index in [-0.39, 0.29) is 16.5 Å². The van der Waals surface area contributed by atoms with Crippen LogP contribution < -0.4 is 0 Å². The molecule has 3 unspecified atom stereocenters. The molecule has 0 amide bonds. The minimum atomic E-state index is -1.69. The first-order chi connectivity index (χ1) is 13.7. The highest BCUT2D eigenvalue weighted by atomic mass is 28.3. The van der Waals surface area contributed by atoms with Crippen LogP contribution in [0.15, 0.2) is 42.0 Å². The van der Waals surface area contributed by atoms with Crippen molar-refractivity contribution < 1.29 is 0 Å². The number of rotatable bonds is 2. The molecule has 4 rings (SSSR count). The van der Waals surface area contributed by atoms with Gasteiger partial charge >= 0.3 is 0 Å². The van der Waals surface area contributed by atoms with E-state index in [0.29, 0.717) is 11.8 Å². The molecule has 0 saturated heterocycles. The van der Waals surface area contributed by atoms with Crippen molar-refractivity contribution in [2.75, 3.05) is 0 Å². The van der Waals surface area contributed by atoms with E-state index in [1.54, 1.807) is 11.1 Å². The highest BCUT2D eigenvalue weighted by Crippen LogP contribution is 2.59. The zero-order chi connectivity index (χ0) is 22.3. The predicted molar refractivity (Wildman–Crippen MR) is 134 cm³/mol. The fourth-order valence-electron chi connectivity index (χ4n) is 7.99. The Morgan fingerprint density at radius 2 is 1.50 bits per heavy atom. The normalized spacial score (nSPS) is 28.0. The number of hydrogen-bond donors (Lipinski definition) is 0. The van der Waals surface area contributed by atoms with Gasteiger partial charge in [-0.2, -0.15) is 0 Å². The second-order valence-corrected chi connectivity index (χ2v) is 17.6. The summed E-state index contributed by atoms with van der Waals surface area (Å²) in [6.07, 6.45) is 8.16. The van der Waals surface area contributed by atoms with Crippen molar-refractivity contribution in [2.45, 2.75) is 103 Å². The molecule has 3 atom stereocenters. The van der Waals surface area contributed by atoms with E-state index in [2.05, 4.69) is 109 Å². The third kappa shape index (κ3) is 3.21. The molecular weight excluding hydrogens is 378 g/mol. The van der Waals surface area contributed by atoms with Gasteiger partial charge in [-0.3, -0.25) is 0 Å². The Hall–Kier alpha value is -1.12. The highest BCUT2D eigenvalue weighted by Gasteiger charge is 2.54. The van der Waals surface area contributed by atoms with E-state index in [1.807, 2.05) is 0 Å². The number of hydrogen-bond acceptors (Lipinski definition) is 1. The average molecular weight is 422 g/mol. The van der Waals surface area contributed by atoms with Crippen molar-refractivity contribution in [2.24, 2.45) is 11.8 Å². The zero-order valence-corrected chi connectivity index (χ0v) is 22.1. The molecule has 1 aromatic rings. The molecule has 2 heteroatoms. The second kappa shape index (κ2) is 6.69. The van der Waals surface area contributed by atoms with Gasteiger partial charge in [-0.1, -0.05) is 69.8 Å². The fourth-order valence-corrected chi connectivity index (χ4v) is 13.9. The van der Waals surface area contributed by atoms with Gasteiger partial charge in [-0.15, -0.1) is 0 Å². The van der Waals surface area contributed by atoms with Crippen LogP contribution in [0.2, 0.25) is 18.6 Å². The zero-order valence-electron chi connectivity index (χ0n) is 21.1. The van der Waals surface area contributed by atoms with Crippen LogP contribution in [0.25, 0.3) is 5.57 Å². The molecule has 0 heterocycles. The summed E-state index contributed by atoms with van der Waals surface area (Å²) in [5, 5.41) is 0. The predicted octanol–water partition coefficient (Wildman–Crippen LogP) is 7.80. The maximum absolute atomic E-state index is 2.94. The molecule has 0 bridgehead atoms. The van der Waals surface area contributed by atoms with E-state index >= 15 is 0 Å². The largest absolute Gasteiger partial charge is 0.314 e. The molecule has 30 heavy (non-hydrogen) atoms. The Morgan fingerprint density at radius 3 is 2.10 bits per heavy atom. The van der Waals surface area contributed by atoms with Gasteiger partial charge in [0.05, 0.1) is 0 Å². The number of benzene rings is 1. The minimum Gasteiger partial charge on any atom is -0.314 e. The maximum atomic E-state index is 2.94. The van der Waals surface area contributed by atoms with Crippen LogP contribution in [-0.4, -0.2) is 23.9 Å². The van der Waals surface area contributed by atoms with Crippen LogP contribution in [0.5, 0.6) is 0 Å². The molecule has 1 fully saturated rings. The number of fused-ring (bicyclic) bond motifs is 4. The lowest BCUT2D eigenvalue weighted by molar-refractivity contribution is 0.122. The average Bonchev–Trinajstić information content (AvgIpc) is 3.09. The quantitative estimate of drug-likeness (QED) is 0.440. The van der Waals surface area contributed by atoms with Crippen molar-refractivity contribution in [1.29, 1.82) is 0 Å². The molecule has 0 aliphatic heterocycles. The second-order valence-electron chi connectivity index (χ2n) is 13.1. The summed E-state index contributed by atoms with van der Waals surface area (Å²) in [5.74, 6) is 1.41. The Balaban J connectivity index is 1.76. The number of nitrogens with zero attached hydrogens (tertiary/aromatic N) is 1. The third-order valence-corrected chi connectivity index (χ3v) is 13.2. The van der Waals surface area contributed by atoms with Crippen molar-refractivity contribution in [1.82, 2.24) is 4.57 Å². The van der Waals surface area contributed by atoms with Gasteiger partial charge in [0.25, 0.3) is 0 Å². The minimum absolute atomic E-state index is 0.125. The summed E-state index contributed by atoms with van der Waals surface area (Å²) < 4.78 is 2.94.